The fraction of sp³-hybridized carbons (Fsp3) is 0.250. The monoisotopic (exact) mass is 541 g/mol. The molecule has 0 saturated heterocycles. The Morgan fingerprint density at radius 3 is 2.85 bits per heavy atom. The molecule has 0 bridgehead atoms. The molecule has 1 aliphatic carbocycles. The van der Waals surface area contributed by atoms with E-state index in [1.807, 2.05) is 22.7 Å². The van der Waals surface area contributed by atoms with Crippen molar-refractivity contribution in [1.29, 1.82) is 0 Å². The number of H-pyrrole nitrogens is 1. The zero-order chi connectivity index (χ0) is 26.5. The van der Waals surface area contributed by atoms with Gasteiger partial charge in [-0.05, 0) is 55.9 Å². The maximum Gasteiger partial charge on any atom is 0.254 e. The van der Waals surface area contributed by atoms with Crippen molar-refractivity contribution in [3.8, 4) is 22.4 Å². The normalized spacial score (nSPS) is 18.8. The maximum atomic E-state index is 15.5. The van der Waals surface area contributed by atoms with Crippen molar-refractivity contribution in [2.45, 2.75) is 43.7 Å². The van der Waals surface area contributed by atoms with E-state index in [2.05, 4.69) is 25.5 Å². The van der Waals surface area contributed by atoms with Gasteiger partial charge in [-0.2, -0.15) is 0 Å². The molecule has 1 amide bonds. The zero-order valence-corrected chi connectivity index (χ0v) is 21.3. The second kappa shape index (κ2) is 7.86. The minimum Gasteiger partial charge on any atom is -0.346 e. The van der Waals surface area contributed by atoms with Gasteiger partial charge in [-0.1, -0.05) is 17.7 Å². The lowest BCUT2D eigenvalue weighted by molar-refractivity contribution is 0.0929. The van der Waals surface area contributed by atoms with Crippen LogP contribution in [0.1, 0.15) is 52.7 Å². The van der Waals surface area contributed by atoms with Crippen LogP contribution in [0, 0.1) is 5.82 Å². The Balaban J connectivity index is 1.27. The summed E-state index contributed by atoms with van der Waals surface area (Å²) in [5.74, 6) is -0.259. The molecule has 1 aromatic carbocycles. The number of rotatable bonds is 2. The lowest BCUT2D eigenvalue weighted by Gasteiger charge is -2.27. The van der Waals surface area contributed by atoms with Gasteiger partial charge < -0.3 is 14.9 Å². The number of benzene rings is 1. The SMILES string of the molecule is O=C1NC2(CC2)Cc2ccc(Cl)c(F)c2-c2cc(=O)n3c(c21)CC[C@@H]3c1ncc(-c2ccn3cnnc3c2)[nH]1. The predicted octanol–water partition coefficient (Wildman–Crippen LogP) is 4.09. The van der Waals surface area contributed by atoms with Crippen LogP contribution in [0.25, 0.3) is 28.0 Å². The van der Waals surface area contributed by atoms with Crippen LogP contribution in [-0.4, -0.2) is 40.6 Å². The Kier molecular flexibility index (Phi) is 4.56. The molecule has 9 nitrogen and oxygen atoms in total. The largest absolute Gasteiger partial charge is 0.346 e. The third-order valence-electron chi connectivity index (χ3n) is 8.28. The van der Waals surface area contributed by atoms with E-state index >= 15 is 4.39 Å². The molecule has 0 unspecified atom stereocenters. The summed E-state index contributed by atoms with van der Waals surface area (Å²) in [4.78, 5) is 35.3. The molecule has 194 valence electrons. The summed E-state index contributed by atoms with van der Waals surface area (Å²) in [6.07, 6.45) is 8.42. The Morgan fingerprint density at radius 2 is 2.00 bits per heavy atom. The van der Waals surface area contributed by atoms with E-state index in [9.17, 15) is 9.59 Å². The number of carbonyl (C=O) groups excluding carboxylic acids is 1. The van der Waals surface area contributed by atoms with E-state index in [0.717, 1.165) is 29.7 Å². The van der Waals surface area contributed by atoms with Gasteiger partial charge in [-0.15, -0.1) is 10.2 Å². The molecular formula is C28H21ClFN7O2. The van der Waals surface area contributed by atoms with Crippen LogP contribution in [0.4, 0.5) is 4.39 Å². The lowest BCUT2D eigenvalue weighted by Crippen LogP contribution is -2.41. The van der Waals surface area contributed by atoms with Gasteiger partial charge in [0.2, 0.25) is 0 Å². The molecule has 0 radical (unpaired) electrons. The number of nitrogens with zero attached hydrogens (tertiary/aromatic N) is 5. The van der Waals surface area contributed by atoms with Crippen LogP contribution in [0.3, 0.4) is 0 Å². The summed E-state index contributed by atoms with van der Waals surface area (Å²) in [6, 6.07) is 8.16. The molecule has 2 N–H and O–H groups in total. The van der Waals surface area contributed by atoms with Gasteiger partial charge in [-0.25, -0.2) is 9.37 Å². The van der Waals surface area contributed by atoms with Crippen LogP contribution in [0.5, 0.6) is 0 Å². The number of carbonyl (C=O) groups is 1. The number of pyridine rings is 2. The molecule has 1 spiro atoms. The lowest BCUT2D eigenvalue weighted by atomic mass is 9.88. The first kappa shape index (κ1) is 22.7. The summed E-state index contributed by atoms with van der Waals surface area (Å²) in [7, 11) is 0. The molecule has 2 aliphatic heterocycles. The molecule has 6 heterocycles. The third kappa shape index (κ3) is 3.34. The van der Waals surface area contributed by atoms with Crippen molar-refractivity contribution in [2.24, 2.45) is 0 Å². The van der Waals surface area contributed by atoms with Crippen LogP contribution in [-0.2, 0) is 12.8 Å². The topological polar surface area (TPSA) is 110 Å². The number of aromatic nitrogens is 6. The quantitative estimate of drug-likeness (QED) is 0.350. The zero-order valence-electron chi connectivity index (χ0n) is 20.5. The highest BCUT2D eigenvalue weighted by molar-refractivity contribution is 6.31. The average molecular weight is 542 g/mol. The summed E-state index contributed by atoms with van der Waals surface area (Å²) in [6.45, 7) is 0. The first-order valence-corrected chi connectivity index (χ1v) is 13.2. The van der Waals surface area contributed by atoms with Crippen molar-refractivity contribution in [1.82, 2.24) is 34.4 Å². The highest BCUT2D eigenvalue weighted by Crippen LogP contribution is 2.46. The van der Waals surface area contributed by atoms with E-state index in [1.165, 1.54) is 6.07 Å². The molecule has 3 aliphatic rings. The number of aromatic amines is 1. The van der Waals surface area contributed by atoms with Crippen molar-refractivity contribution >= 4 is 23.2 Å². The van der Waals surface area contributed by atoms with Gasteiger partial charge in [0.05, 0.1) is 28.5 Å². The number of amides is 1. The standard InChI is InChI=1S/C28H21ClFN7O2/c29-17-2-1-15-11-28(6-7-28)34-27(39)24-16(23(15)25(17)30)10-22(38)37-19(24)3-4-20(37)26-31-12-18(33-26)14-5-8-36-13-32-35-21(36)9-14/h1-2,5,8-10,12-13,20H,3-4,6-7,11H2,(H,31,33)(H,34,39)/t20-/m1/s1. The van der Waals surface area contributed by atoms with Gasteiger partial charge in [0.15, 0.2) is 5.65 Å². The van der Waals surface area contributed by atoms with Crippen LogP contribution in [0.2, 0.25) is 5.02 Å². The molecule has 39 heavy (non-hydrogen) atoms. The third-order valence-corrected chi connectivity index (χ3v) is 8.57. The average Bonchev–Trinajstić information content (AvgIpc) is 3.31. The van der Waals surface area contributed by atoms with Crippen molar-refractivity contribution in [2.75, 3.05) is 0 Å². The van der Waals surface area contributed by atoms with Crippen LogP contribution in [0.15, 0.2) is 53.8 Å². The molecular weight excluding hydrogens is 521 g/mol. The first-order valence-electron chi connectivity index (χ1n) is 12.8. The maximum absolute atomic E-state index is 15.5. The number of hydrogen-bond donors (Lipinski definition) is 2. The Bertz CT molecular complexity index is 1920. The number of hydrogen-bond acceptors (Lipinski definition) is 5. The Labute approximate surface area is 225 Å². The van der Waals surface area contributed by atoms with E-state index in [-0.39, 0.29) is 28.1 Å². The van der Waals surface area contributed by atoms with Gasteiger partial charge in [0.25, 0.3) is 11.5 Å². The van der Waals surface area contributed by atoms with Crippen molar-refractivity contribution in [3.05, 3.63) is 92.9 Å². The fourth-order valence-corrected chi connectivity index (χ4v) is 6.36. The van der Waals surface area contributed by atoms with E-state index in [0.29, 0.717) is 47.6 Å². The number of nitrogens with one attached hydrogen (secondary N) is 2. The van der Waals surface area contributed by atoms with Gasteiger partial charge in [0.1, 0.15) is 18.0 Å². The van der Waals surface area contributed by atoms with E-state index < -0.39 is 11.4 Å². The second-order valence-electron chi connectivity index (χ2n) is 10.6. The highest BCUT2D eigenvalue weighted by Gasteiger charge is 2.47. The van der Waals surface area contributed by atoms with Crippen LogP contribution < -0.4 is 10.9 Å². The van der Waals surface area contributed by atoms with E-state index in [1.54, 1.807) is 29.2 Å². The second-order valence-corrected chi connectivity index (χ2v) is 11.1. The summed E-state index contributed by atoms with van der Waals surface area (Å²) < 4.78 is 19.0. The molecule has 11 heteroatoms. The van der Waals surface area contributed by atoms with E-state index in [4.69, 9.17) is 11.6 Å². The summed E-state index contributed by atoms with van der Waals surface area (Å²) in [5.41, 5.74) is 3.90. The van der Waals surface area contributed by atoms with Gasteiger partial charge >= 0.3 is 0 Å². The number of halogens is 2. The molecule has 5 aromatic rings. The van der Waals surface area contributed by atoms with Gasteiger partial charge in [0, 0.05) is 40.2 Å². The molecule has 1 atom stereocenters. The minimum atomic E-state index is -0.597. The Morgan fingerprint density at radius 1 is 1.13 bits per heavy atom. The van der Waals surface area contributed by atoms with Crippen molar-refractivity contribution < 1.29 is 9.18 Å². The summed E-state index contributed by atoms with van der Waals surface area (Å²) in [5, 5.41) is 11.2. The number of imidazole rings is 1. The Hall–Kier alpha value is -4.31. The highest BCUT2D eigenvalue weighted by atomic mass is 35.5. The fourth-order valence-electron chi connectivity index (χ4n) is 6.20. The minimum absolute atomic E-state index is 0.0311. The molecule has 4 aromatic heterocycles. The van der Waals surface area contributed by atoms with Gasteiger partial charge in [-0.3, -0.25) is 14.0 Å². The molecule has 1 saturated carbocycles. The molecule has 8 rings (SSSR count). The van der Waals surface area contributed by atoms with Crippen molar-refractivity contribution in [3.63, 3.8) is 0 Å². The van der Waals surface area contributed by atoms with Crippen LogP contribution >= 0.6 is 11.6 Å². The first-order chi connectivity index (χ1) is 18.9. The number of fused-ring (bicyclic) bond motifs is 6. The molecule has 1 fully saturated rings. The smallest absolute Gasteiger partial charge is 0.254 e. The predicted molar refractivity (Wildman–Crippen MR) is 141 cm³/mol. The summed E-state index contributed by atoms with van der Waals surface area (Å²) >= 11 is 6.19.